The van der Waals surface area contributed by atoms with Crippen LogP contribution in [0.3, 0.4) is 0 Å². The first kappa shape index (κ1) is 13.7. The van der Waals surface area contributed by atoms with Crippen molar-refractivity contribution in [1.29, 1.82) is 0 Å². The van der Waals surface area contributed by atoms with Crippen LogP contribution in [0, 0.1) is 0 Å². The third kappa shape index (κ3) is 6.74. The molecular weight excluding hydrogens is 212 g/mol. The minimum Gasteiger partial charge on any atom is -0.355 e. The van der Waals surface area contributed by atoms with Crippen molar-refractivity contribution in [3.63, 3.8) is 0 Å². The Balaban J connectivity index is 1.99. The lowest BCUT2D eigenvalue weighted by atomic mass is 10.1. The van der Waals surface area contributed by atoms with E-state index >= 15 is 0 Å². The van der Waals surface area contributed by atoms with Crippen molar-refractivity contribution in [2.75, 3.05) is 19.6 Å². The molecule has 0 heterocycles. The summed E-state index contributed by atoms with van der Waals surface area (Å²) in [4.78, 5) is 11.3. The second kappa shape index (κ2) is 8.76. The normalized spacial score (nSPS) is 10.2. The summed E-state index contributed by atoms with van der Waals surface area (Å²) in [6.07, 6.45) is 3.11. The minimum atomic E-state index is 0.0894. The van der Waals surface area contributed by atoms with Crippen molar-refractivity contribution >= 4 is 5.91 Å². The Bertz CT molecular complexity index is 311. The highest BCUT2D eigenvalue weighted by molar-refractivity contribution is 5.77. The van der Waals surface area contributed by atoms with Crippen LogP contribution in [0.4, 0.5) is 0 Å². The van der Waals surface area contributed by atoms with Gasteiger partial charge >= 0.3 is 0 Å². The van der Waals surface area contributed by atoms with Crippen molar-refractivity contribution < 1.29 is 4.79 Å². The molecule has 0 fully saturated rings. The van der Waals surface area contributed by atoms with Gasteiger partial charge in [-0.05, 0) is 31.4 Å². The van der Waals surface area contributed by atoms with Crippen molar-refractivity contribution in [3.8, 4) is 0 Å². The molecule has 1 amide bonds. The maximum Gasteiger partial charge on any atom is 0.233 e. The molecule has 0 bridgehead atoms. The Labute approximate surface area is 104 Å². The number of nitrogens with one attached hydrogen (secondary N) is 2. The molecule has 0 aromatic heterocycles. The van der Waals surface area contributed by atoms with Gasteiger partial charge in [-0.25, -0.2) is 0 Å². The Morgan fingerprint density at radius 1 is 1.18 bits per heavy atom. The molecule has 1 aromatic carbocycles. The summed E-state index contributed by atoms with van der Waals surface area (Å²) in [5, 5.41) is 5.99. The van der Waals surface area contributed by atoms with Crippen LogP contribution in [0.2, 0.25) is 0 Å². The maximum absolute atomic E-state index is 11.3. The Kier molecular flexibility index (Phi) is 7.07. The number of amides is 1. The number of carbonyl (C=O) groups excluding carboxylic acids is 1. The van der Waals surface area contributed by atoms with E-state index in [0.717, 1.165) is 32.4 Å². The zero-order chi connectivity index (χ0) is 12.3. The standard InChI is InChI=1S/C14H22N2O/c1-2-10-16-14(17)12-15-11-6-9-13-7-4-3-5-8-13/h3-5,7-8,15H,2,6,9-12H2,1H3,(H,16,17). The molecule has 0 spiro atoms. The molecule has 0 aliphatic carbocycles. The lowest BCUT2D eigenvalue weighted by Gasteiger charge is -2.05. The molecule has 0 aliphatic heterocycles. The van der Waals surface area contributed by atoms with Crippen molar-refractivity contribution in [3.05, 3.63) is 35.9 Å². The van der Waals surface area contributed by atoms with Gasteiger partial charge in [0.2, 0.25) is 5.91 Å². The number of carbonyl (C=O) groups is 1. The van der Waals surface area contributed by atoms with E-state index in [1.54, 1.807) is 0 Å². The van der Waals surface area contributed by atoms with Crippen LogP contribution in [-0.2, 0) is 11.2 Å². The molecule has 3 nitrogen and oxygen atoms in total. The van der Waals surface area contributed by atoms with Crippen LogP contribution in [-0.4, -0.2) is 25.5 Å². The predicted molar refractivity (Wildman–Crippen MR) is 70.9 cm³/mol. The van der Waals surface area contributed by atoms with Crippen LogP contribution >= 0.6 is 0 Å². The first-order valence-corrected chi connectivity index (χ1v) is 6.34. The van der Waals surface area contributed by atoms with Gasteiger partial charge in [0.15, 0.2) is 0 Å². The van der Waals surface area contributed by atoms with Crippen LogP contribution in [0.5, 0.6) is 0 Å². The van der Waals surface area contributed by atoms with E-state index in [1.165, 1.54) is 5.56 Å². The van der Waals surface area contributed by atoms with E-state index < -0.39 is 0 Å². The van der Waals surface area contributed by atoms with Gasteiger partial charge in [0.05, 0.1) is 6.54 Å². The van der Waals surface area contributed by atoms with Gasteiger partial charge in [0, 0.05) is 6.54 Å². The molecule has 0 atom stereocenters. The lowest BCUT2D eigenvalue weighted by Crippen LogP contribution is -2.34. The average molecular weight is 234 g/mol. The second-order valence-corrected chi connectivity index (χ2v) is 4.12. The molecule has 2 N–H and O–H groups in total. The molecule has 0 aliphatic rings. The van der Waals surface area contributed by atoms with E-state index in [1.807, 2.05) is 13.0 Å². The van der Waals surface area contributed by atoms with Crippen molar-refractivity contribution in [2.24, 2.45) is 0 Å². The van der Waals surface area contributed by atoms with E-state index in [2.05, 4.69) is 34.9 Å². The molecule has 0 saturated heterocycles. The van der Waals surface area contributed by atoms with Gasteiger partial charge < -0.3 is 10.6 Å². The summed E-state index contributed by atoms with van der Waals surface area (Å²) >= 11 is 0. The molecule has 0 radical (unpaired) electrons. The van der Waals surface area contributed by atoms with Crippen molar-refractivity contribution in [2.45, 2.75) is 26.2 Å². The molecule has 1 aromatic rings. The SMILES string of the molecule is CCCNC(=O)CNCCCc1ccccc1. The molecule has 94 valence electrons. The smallest absolute Gasteiger partial charge is 0.233 e. The summed E-state index contributed by atoms with van der Waals surface area (Å²) < 4.78 is 0. The highest BCUT2D eigenvalue weighted by Gasteiger charge is 1.98. The van der Waals surface area contributed by atoms with E-state index in [9.17, 15) is 4.79 Å². The van der Waals surface area contributed by atoms with E-state index in [4.69, 9.17) is 0 Å². The summed E-state index contributed by atoms with van der Waals surface area (Å²) in [5.74, 6) is 0.0894. The van der Waals surface area contributed by atoms with Crippen LogP contribution in [0.25, 0.3) is 0 Å². The Morgan fingerprint density at radius 3 is 2.65 bits per heavy atom. The topological polar surface area (TPSA) is 41.1 Å². The number of rotatable bonds is 8. The summed E-state index contributed by atoms with van der Waals surface area (Å²) in [5.41, 5.74) is 1.35. The van der Waals surface area contributed by atoms with Gasteiger partial charge in [-0.3, -0.25) is 4.79 Å². The second-order valence-electron chi connectivity index (χ2n) is 4.12. The number of aryl methyl sites for hydroxylation is 1. The van der Waals surface area contributed by atoms with E-state index in [0.29, 0.717) is 6.54 Å². The van der Waals surface area contributed by atoms with E-state index in [-0.39, 0.29) is 5.91 Å². The monoisotopic (exact) mass is 234 g/mol. The van der Waals surface area contributed by atoms with Gasteiger partial charge in [-0.1, -0.05) is 37.3 Å². The van der Waals surface area contributed by atoms with Gasteiger partial charge in [-0.15, -0.1) is 0 Å². The number of benzene rings is 1. The minimum absolute atomic E-state index is 0.0894. The van der Waals surface area contributed by atoms with Crippen LogP contribution in [0.1, 0.15) is 25.3 Å². The molecule has 0 saturated carbocycles. The highest BCUT2D eigenvalue weighted by Crippen LogP contribution is 2.01. The zero-order valence-electron chi connectivity index (χ0n) is 10.5. The third-order valence-corrected chi connectivity index (χ3v) is 2.52. The first-order valence-electron chi connectivity index (χ1n) is 6.34. The number of hydrogen-bond donors (Lipinski definition) is 2. The fourth-order valence-corrected chi connectivity index (χ4v) is 1.59. The maximum atomic E-state index is 11.3. The summed E-state index contributed by atoms with van der Waals surface area (Å²) in [7, 11) is 0. The third-order valence-electron chi connectivity index (χ3n) is 2.52. The zero-order valence-corrected chi connectivity index (χ0v) is 10.5. The van der Waals surface area contributed by atoms with Crippen LogP contribution in [0.15, 0.2) is 30.3 Å². The Morgan fingerprint density at radius 2 is 1.94 bits per heavy atom. The van der Waals surface area contributed by atoms with Gasteiger partial charge in [0.25, 0.3) is 0 Å². The highest BCUT2D eigenvalue weighted by atomic mass is 16.1. The first-order chi connectivity index (χ1) is 8.33. The lowest BCUT2D eigenvalue weighted by molar-refractivity contribution is -0.120. The molecule has 3 heteroatoms. The van der Waals surface area contributed by atoms with Gasteiger partial charge in [-0.2, -0.15) is 0 Å². The average Bonchev–Trinajstić information content (AvgIpc) is 2.37. The molecular formula is C14H22N2O. The number of hydrogen-bond acceptors (Lipinski definition) is 2. The molecule has 17 heavy (non-hydrogen) atoms. The van der Waals surface area contributed by atoms with Gasteiger partial charge in [0.1, 0.15) is 0 Å². The molecule has 0 unspecified atom stereocenters. The van der Waals surface area contributed by atoms with Crippen molar-refractivity contribution in [1.82, 2.24) is 10.6 Å². The fourth-order valence-electron chi connectivity index (χ4n) is 1.59. The largest absolute Gasteiger partial charge is 0.355 e. The molecule has 1 rings (SSSR count). The predicted octanol–water partition coefficient (Wildman–Crippen LogP) is 1.73. The fraction of sp³-hybridized carbons (Fsp3) is 0.500. The summed E-state index contributed by atoms with van der Waals surface area (Å²) in [6, 6.07) is 10.4. The van der Waals surface area contributed by atoms with Crippen LogP contribution < -0.4 is 10.6 Å². The quantitative estimate of drug-likeness (QED) is 0.673. The summed E-state index contributed by atoms with van der Waals surface area (Å²) in [6.45, 7) is 4.13. The Hall–Kier alpha value is -1.35.